The maximum Gasteiger partial charge on any atom is 0.292 e. The van der Waals surface area contributed by atoms with Gasteiger partial charge in [-0.05, 0) is 30.2 Å². The van der Waals surface area contributed by atoms with Crippen LogP contribution in [0.15, 0.2) is 47.5 Å². The Kier molecular flexibility index (Phi) is 10.6. The number of para-hydroxylation sites is 2. The molecule has 0 saturated carbocycles. The van der Waals surface area contributed by atoms with E-state index in [1.54, 1.807) is 32.4 Å². The van der Waals surface area contributed by atoms with E-state index in [0.717, 1.165) is 5.56 Å². The second-order valence-electron chi connectivity index (χ2n) is 5.83. The topological polar surface area (TPSA) is 124 Å². The third kappa shape index (κ3) is 7.64. The lowest BCUT2D eigenvalue weighted by molar-refractivity contribution is -0.384. The molecular formula is C19H26IN5O4. The van der Waals surface area contributed by atoms with E-state index in [4.69, 9.17) is 15.2 Å². The molecule has 10 heteroatoms. The van der Waals surface area contributed by atoms with Gasteiger partial charge in [0, 0.05) is 25.7 Å². The number of anilines is 1. The Balaban J connectivity index is 0.00000420. The Morgan fingerprint density at radius 2 is 1.86 bits per heavy atom. The fourth-order valence-electron chi connectivity index (χ4n) is 2.57. The summed E-state index contributed by atoms with van der Waals surface area (Å²) in [5, 5.41) is 17.0. The van der Waals surface area contributed by atoms with Gasteiger partial charge in [0.15, 0.2) is 17.5 Å². The molecule has 0 radical (unpaired) electrons. The molecule has 0 fully saturated rings. The number of nitro benzene ring substituents is 1. The Hall–Kier alpha value is -2.76. The van der Waals surface area contributed by atoms with Crippen LogP contribution in [0.5, 0.6) is 11.5 Å². The number of halogens is 1. The Bertz CT molecular complexity index is 832. The number of nitrogens with zero attached hydrogens (tertiary/aromatic N) is 2. The highest BCUT2D eigenvalue weighted by molar-refractivity contribution is 14.0. The largest absolute Gasteiger partial charge is 0.493 e. The summed E-state index contributed by atoms with van der Waals surface area (Å²) < 4.78 is 10.5. The molecule has 9 nitrogen and oxygen atoms in total. The first kappa shape index (κ1) is 24.3. The molecule has 2 aromatic rings. The van der Waals surface area contributed by atoms with Crippen molar-refractivity contribution < 1.29 is 14.4 Å². The highest BCUT2D eigenvalue weighted by Crippen LogP contribution is 2.27. The van der Waals surface area contributed by atoms with Crippen LogP contribution in [0.25, 0.3) is 0 Å². The molecule has 0 heterocycles. The van der Waals surface area contributed by atoms with E-state index < -0.39 is 4.92 Å². The molecule has 0 aliphatic heterocycles. The maximum atomic E-state index is 11.0. The number of ether oxygens (including phenoxy) is 2. The molecule has 2 rings (SSSR count). The van der Waals surface area contributed by atoms with E-state index in [-0.39, 0.29) is 29.7 Å². The molecule has 0 atom stereocenters. The van der Waals surface area contributed by atoms with E-state index in [1.165, 1.54) is 6.07 Å². The number of hydrogen-bond acceptors (Lipinski definition) is 6. The SMILES string of the molecule is COc1ccc(CCN=C(N)NCCNc2ccccc2[N+](=O)[O-])cc1OC.I. The minimum atomic E-state index is -0.417. The first-order valence-electron chi connectivity index (χ1n) is 8.77. The van der Waals surface area contributed by atoms with Gasteiger partial charge in [0.05, 0.1) is 19.1 Å². The van der Waals surface area contributed by atoms with Gasteiger partial charge in [0.25, 0.3) is 5.69 Å². The van der Waals surface area contributed by atoms with Crippen LogP contribution in [0.4, 0.5) is 11.4 Å². The van der Waals surface area contributed by atoms with Crippen LogP contribution < -0.4 is 25.8 Å². The lowest BCUT2D eigenvalue weighted by Gasteiger charge is -2.10. The molecule has 0 unspecified atom stereocenters. The zero-order chi connectivity index (χ0) is 20.4. The zero-order valence-electron chi connectivity index (χ0n) is 16.4. The summed E-state index contributed by atoms with van der Waals surface area (Å²) in [7, 11) is 3.19. The Labute approximate surface area is 186 Å². The minimum Gasteiger partial charge on any atom is -0.493 e. The molecular weight excluding hydrogens is 489 g/mol. The van der Waals surface area contributed by atoms with Crippen molar-refractivity contribution in [3.05, 3.63) is 58.1 Å². The van der Waals surface area contributed by atoms with Crippen LogP contribution in [-0.4, -0.2) is 44.7 Å². The van der Waals surface area contributed by atoms with Gasteiger partial charge in [0.2, 0.25) is 0 Å². The molecule has 0 aromatic heterocycles. The van der Waals surface area contributed by atoms with E-state index in [2.05, 4.69) is 15.6 Å². The van der Waals surface area contributed by atoms with Crippen molar-refractivity contribution in [1.82, 2.24) is 5.32 Å². The van der Waals surface area contributed by atoms with Gasteiger partial charge in [0.1, 0.15) is 5.69 Å². The van der Waals surface area contributed by atoms with Crippen LogP contribution in [0.2, 0.25) is 0 Å². The van der Waals surface area contributed by atoms with Gasteiger partial charge in [-0.25, -0.2) is 0 Å². The third-order valence-corrected chi connectivity index (χ3v) is 3.98. The smallest absolute Gasteiger partial charge is 0.292 e. The highest BCUT2D eigenvalue weighted by Gasteiger charge is 2.11. The zero-order valence-corrected chi connectivity index (χ0v) is 18.7. The summed E-state index contributed by atoms with van der Waals surface area (Å²) in [4.78, 5) is 14.8. The predicted octanol–water partition coefficient (Wildman–Crippen LogP) is 2.79. The van der Waals surface area contributed by atoms with E-state index >= 15 is 0 Å². The highest BCUT2D eigenvalue weighted by atomic mass is 127. The number of hydrogen-bond donors (Lipinski definition) is 3. The van der Waals surface area contributed by atoms with Crippen LogP contribution in [0, 0.1) is 10.1 Å². The summed E-state index contributed by atoms with van der Waals surface area (Å²) in [5.41, 5.74) is 7.43. The van der Waals surface area contributed by atoms with Crippen molar-refractivity contribution >= 4 is 41.3 Å². The number of benzene rings is 2. The molecule has 158 valence electrons. The quantitative estimate of drug-likeness (QED) is 0.111. The van der Waals surface area contributed by atoms with Crippen molar-refractivity contribution in [2.75, 3.05) is 39.2 Å². The normalized spacial score (nSPS) is 10.6. The van der Waals surface area contributed by atoms with Gasteiger partial charge >= 0.3 is 0 Å². The second kappa shape index (κ2) is 12.6. The Morgan fingerprint density at radius 1 is 1.14 bits per heavy atom. The molecule has 4 N–H and O–H groups in total. The number of methoxy groups -OCH3 is 2. The molecule has 0 aliphatic rings. The summed E-state index contributed by atoms with van der Waals surface area (Å²) in [5.74, 6) is 1.68. The first-order chi connectivity index (χ1) is 13.5. The van der Waals surface area contributed by atoms with Gasteiger partial charge in [-0.2, -0.15) is 0 Å². The predicted molar refractivity (Wildman–Crippen MR) is 125 cm³/mol. The number of nitrogens with one attached hydrogen (secondary N) is 2. The first-order valence-corrected chi connectivity index (χ1v) is 8.77. The molecule has 0 aliphatic carbocycles. The monoisotopic (exact) mass is 515 g/mol. The molecule has 0 spiro atoms. The molecule has 2 aromatic carbocycles. The number of nitrogens with two attached hydrogens (primary N) is 1. The van der Waals surface area contributed by atoms with E-state index in [9.17, 15) is 10.1 Å². The number of aliphatic imine (C=N–C) groups is 1. The standard InChI is InChI=1S/C19H25N5O4.HI/c1-27-17-8-7-14(13-18(17)28-2)9-10-22-19(20)23-12-11-21-15-5-3-4-6-16(15)24(25)26;/h3-8,13,21H,9-12H2,1-2H3,(H3,20,22,23);1H. The fraction of sp³-hybridized carbons (Fsp3) is 0.316. The van der Waals surface area contributed by atoms with E-state index in [0.29, 0.717) is 49.2 Å². The van der Waals surface area contributed by atoms with Crippen LogP contribution >= 0.6 is 24.0 Å². The van der Waals surface area contributed by atoms with Crippen LogP contribution in [0.1, 0.15) is 5.56 Å². The van der Waals surface area contributed by atoms with Gasteiger partial charge in [-0.3, -0.25) is 15.1 Å². The van der Waals surface area contributed by atoms with Crippen molar-refractivity contribution in [3.8, 4) is 11.5 Å². The third-order valence-electron chi connectivity index (χ3n) is 3.98. The second-order valence-corrected chi connectivity index (χ2v) is 5.83. The van der Waals surface area contributed by atoms with Gasteiger partial charge in [-0.15, -0.1) is 24.0 Å². The number of guanidine groups is 1. The van der Waals surface area contributed by atoms with Crippen molar-refractivity contribution in [1.29, 1.82) is 0 Å². The summed E-state index contributed by atoms with van der Waals surface area (Å²) in [6.07, 6.45) is 0.706. The van der Waals surface area contributed by atoms with Gasteiger partial charge in [-0.1, -0.05) is 18.2 Å². The number of rotatable bonds is 10. The average molecular weight is 515 g/mol. The Morgan fingerprint density at radius 3 is 2.55 bits per heavy atom. The average Bonchev–Trinajstić information content (AvgIpc) is 2.71. The van der Waals surface area contributed by atoms with Crippen molar-refractivity contribution in [2.24, 2.45) is 10.7 Å². The maximum absolute atomic E-state index is 11.0. The number of nitro groups is 1. The molecule has 29 heavy (non-hydrogen) atoms. The molecule has 0 amide bonds. The van der Waals surface area contributed by atoms with Crippen molar-refractivity contribution in [3.63, 3.8) is 0 Å². The van der Waals surface area contributed by atoms with Gasteiger partial charge < -0.3 is 25.8 Å². The lowest BCUT2D eigenvalue weighted by atomic mass is 10.1. The molecule has 0 saturated heterocycles. The van der Waals surface area contributed by atoms with Crippen LogP contribution in [-0.2, 0) is 6.42 Å². The summed E-state index contributed by atoms with van der Waals surface area (Å²) >= 11 is 0. The van der Waals surface area contributed by atoms with Crippen molar-refractivity contribution in [2.45, 2.75) is 6.42 Å². The fourth-order valence-corrected chi connectivity index (χ4v) is 2.57. The minimum absolute atomic E-state index is 0. The summed E-state index contributed by atoms with van der Waals surface area (Å²) in [6, 6.07) is 12.2. The summed E-state index contributed by atoms with van der Waals surface area (Å²) in [6.45, 7) is 1.47. The molecule has 0 bridgehead atoms. The van der Waals surface area contributed by atoms with E-state index in [1.807, 2.05) is 18.2 Å². The lowest BCUT2D eigenvalue weighted by Crippen LogP contribution is -2.35. The van der Waals surface area contributed by atoms with Crippen LogP contribution in [0.3, 0.4) is 0 Å².